The van der Waals surface area contributed by atoms with Crippen molar-refractivity contribution in [2.45, 2.75) is 18.8 Å². The smallest absolute Gasteiger partial charge is 0.310 e. The molecule has 1 aromatic rings. The normalized spacial score (nSPS) is 23.0. The van der Waals surface area contributed by atoms with Crippen molar-refractivity contribution in [3.05, 3.63) is 34.9 Å². The van der Waals surface area contributed by atoms with E-state index in [-0.39, 0.29) is 17.8 Å². The first kappa shape index (κ1) is 16.6. The summed E-state index contributed by atoms with van der Waals surface area (Å²) in [6, 6.07) is 7.78. The molecule has 1 aliphatic rings. The highest BCUT2D eigenvalue weighted by atomic mass is 35.5. The number of benzene rings is 1. The number of esters is 1. The van der Waals surface area contributed by atoms with Crippen LogP contribution in [-0.4, -0.2) is 43.5 Å². The van der Waals surface area contributed by atoms with Crippen molar-refractivity contribution in [3.63, 3.8) is 0 Å². The number of piperidine rings is 1. The maximum absolute atomic E-state index is 12.1. The predicted octanol–water partition coefficient (Wildman–Crippen LogP) is 3.55. The highest BCUT2D eigenvalue weighted by molar-refractivity contribution is 6.30. The van der Waals surface area contributed by atoms with E-state index in [9.17, 15) is 4.79 Å². The van der Waals surface area contributed by atoms with E-state index in [1.807, 2.05) is 24.3 Å². The molecule has 1 unspecified atom stereocenters. The monoisotopic (exact) mass is 329 g/mol. The number of likely N-dealkylation sites (tertiary alicyclic amines) is 1. The van der Waals surface area contributed by atoms with Gasteiger partial charge in [-0.25, -0.2) is 0 Å². The lowest BCUT2D eigenvalue weighted by molar-refractivity contribution is -0.148. The zero-order valence-electron chi connectivity index (χ0n) is 12.2. The zero-order chi connectivity index (χ0) is 15.2. The van der Waals surface area contributed by atoms with Gasteiger partial charge in [0.25, 0.3) is 0 Å². The van der Waals surface area contributed by atoms with Crippen LogP contribution in [0, 0.1) is 5.92 Å². The first-order valence-corrected chi connectivity index (χ1v) is 8.18. The van der Waals surface area contributed by atoms with Gasteiger partial charge in [-0.2, -0.15) is 0 Å². The van der Waals surface area contributed by atoms with Crippen molar-refractivity contribution in [1.29, 1.82) is 0 Å². The molecule has 0 spiro atoms. The average molecular weight is 330 g/mol. The quantitative estimate of drug-likeness (QED) is 0.611. The Morgan fingerprint density at radius 2 is 2.10 bits per heavy atom. The molecule has 3 nitrogen and oxygen atoms in total. The Morgan fingerprint density at radius 3 is 2.71 bits per heavy atom. The number of halogens is 2. The molecule has 0 bridgehead atoms. The Morgan fingerprint density at radius 1 is 1.38 bits per heavy atom. The molecule has 0 radical (unpaired) electrons. The third-order valence-corrected chi connectivity index (χ3v) is 4.63. The first-order chi connectivity index (χ1) is 10.2. The summed E-state index contributed by atoms with van der Waals surface area (Å²) >= 11 is 11.7. The topological polar surface area (TPSA) is 29.5 Å². The van der Waals surface area contributed by atoms with Crippen LogP contribution in [0.3, 0.4) is 0 Å². The molecule has 1 aliphatic heterocycles. The second kappa shape index (κ2) is 8.02. The van der Waals surface area contributed by atoms with Crippen molar-refractivity contribution >= 4 is 29.2 Å². The zero-order valence-corrected chi connectivity index (χ0v) is 13.7. The second-order valence-corrected chi connectivity index (χ2v) is 6.23. The number of alkyl halides is 1. The lowest BCUT2D eigenvalue weighted by Gasteiger charge is -2.37. The number of nitrogens with zero attached hydrogens (tertiary/aromatic N) is 1. The Labute approximate surface area is 136 Å². The van der Waals surface area contributed by atoms with Gasteiger partial charge in [-0.05, 0) is 49.5 Å². The van der Waals surface area contributed by atoms with Crippen molar-refractivity contribution in [2.75, 3.05) is 32.6 Å². The van der Waals surface area contributed by atoms with Crippen LogP contribution in [-0.2, 0) is 9.53 Å². The summed E-state index contributed by atoms with van der Waals surface area (Å²) in [4.78, 5) is 14.4. The minimum Gasteiger partial charge on any atom is -0.469 e. The first-order valence-electron chi connectivity index (χ1n) is 7.27. The van der Waals surface area contributed by atoms with Crippen LogP contribution < -0.4 is 0 Å². The SMILES string of the molecule is COC(=O)[C@@H]1CN(CCCCl)CCC1c1ccc(Cl)cc1. The number of rotatable bonds is 5. The number of hydrogen-bond donors (Lipinski definition) is 0. The average Bonchev–Trinajstić information content (AvgIpc) is 2.52. The highest BCUT2D eigenvalue weighted by Crippen LogP contribution is 2.34. The van der Waals surface area contributed by atoms with Crippen LogP contribution in [0.25, 0.3) is 0 Å². The molecule has 5 heteroatoms. The second-order valence-electron chi connectivity index (χ2n) is 5.42. The van der Waals surface area contributed by atoms with Gasteiger partial charge < -0.3 is 9.64 Å². The van der Waals surface area contributed by atoms with Crippen LogP contribution in [0.1, 0.15) is 24.3 Å². The Hall–Kier alpha value is -0.770. The van der Waals surface area contributed by atoms with Gasteiger partial charge in [-0.1, -0.05) is 23.7 Å². The van der Waals surface area contributed by atoms with Gasteiger partial charge in [-0.15, -0.1) is 11.6 Å². The van der Waals surface area contributed by atoms with Gasteiger partial charge in [-0.3, -0.25) is 4.79 Å². The number of ether oxygens (including phenoxy) is 1. The summed E-state index contributed by atoms with van der Waals surface area (Å²) in [5.74, 6) is 0.591. The van der Waals surface area contributed by atoms with E-state index in [4.69, 9.17) is 27.9 Å². The minimum atomic E-state index is -0.134. The highest BCUT2D eigenvalue weighted by Gasteiger charge is 2.35. The third-order valence-electron chi connectivity index (χ3n) is 4.11. The summed E-state index contributed by atoms with van der Waals surface area (Å²) in [5, 5.41) is 0.716. The molecule has 2 rings (SSSR count). The molecular formula is C16H21Cl2NO2. The van der Waals surface area contributed by atoms with Gasteiger partial charge in [0, 0.05) is 17.4 Å². The molecule has 0 saturated carbocycles. The van der Waals surface area contributed by atoms with Crippen molar-refractivity contribution in [1.82, 2.24) is 4.90 Å². The Bertz CT molecular complexity index is 464. The van der Waals surface area contributed by atoms with Crippen LogP contribution in [0.4, 0.5) is 0 Å². The molecule has 0 aromatic heterocycles. The van der Waals surface area contributed by atoms with Gasteiger partial charge in [0.1, 0.15) is 0 Å². The van der Waals surface area contributed by atoms with Crippen LogP contribution in [0.2, 0.25) is 5.02 Å². The Kier molecular flexibility index (Phi) is 6.34. The van der Waals surface area contributed by atoms with E-state index in [2.05, 4.69) is 4.90 Å². The summed E-state index contributed by atoms with van der Waals surface area (Å²) in [6.07, 6.45) is 1.89. The van der Waals surface area contributed by atoms with E-state index in [0.717, 1.165) is 38.0 Å². The number of carbonyl (C=O) groups is 1. The standard InChI is InChI=1S/C16H21Cl2NO2/c1-21-16(20)15-11-19(9-2-8-17)10-7-14(15)12-3-5-13(18)6-4-12/h3-6,14-15H,2,7-11H2,1H3/t14?,15-/m1/s1. The molecule has 0 N–H and O–H groups in total. The molecule has 116 valence electrons. The van der Waals surface area contributed by atoms with E-state index >= 15 is 0 Å². The fourth-order valence-electron chi connectivity index (χ4n) is 3.01. The fraction of sp³-hybridized carbons (Fsp3) is 0.562. The van der Waals surface area contributed by atoms with E-state index in [0.29, 0.717) is 10.9 Å². The van der Waals surface area contributed by atoms with E-state index < -0.39 is 0 Å². The largest absolute Gasteiger partial charge is 0.469 e. The minimum absolute atomic E-state index is 0.125. The van der Waals surface area contributed by atoms with Crippen molar-refractivity contribution in [3.8, 4) is 0 Å². The Balaban J connectivity index is 2.12. The maximum atomic E-state index is 12.1. The number of carbonyl (C=O) groups excluding carboxylic acids is 1. The molecule has 1 heterocycles. The van der Waals surface area contributed by atoms with E-state index in [1.165, 1.54) is 7.11 Å². The molecule has 21 heavy (non-hydrogen) atoms. The van der Waals surface area contributed by atoms with Gasteiger partial charge in [0.05, 0.1) is 13.0 Å². The number of methoxy groups -OCH3 is 1. The van der Waals surface area contributed by atoms with E-state index in [1.54, 1.807) is 0 Å². The molecule has 1 fully saturated rings. The lowest BCUT2D eigenvalue weighted by Crippen LogP contribution is -2.43. The maximum Gasteiger partial charge on any atom is 0.310 e. The molecule has 2 atom stereocenters. The summed E-state index contributed by atoms with van der Waals surface area (Å²) in [7, 11) is 1.46. The summed E-state index contributed by atoms with van der Waals surface area (Å²) in [5.41, 5.74) is 1.16. The van der Waals surface area contributed by atoms with Crippen molar-refractivity contribution in [2.24, 2.45) is 5.92 Å². The lowest BCUT2D eigenvalue weighted by atomic mass is 9.80. The van der Waals surface area contributed by atoms with Gasteiger partial charge in [0.2, 0.25) is 0 Å². The van der Waals surface area contributed by atoms with Gasteiger partial charge in [0.15, 0.2) is 0 Å². The molecule has 1 aromatic carbocycles. The van der Waals surface area contributed by atoms with Crippen molar-refractivity contribution < 1.29 is 9.53 Å². The molecule has 1 saturated heterocycles. The number of hydrogen-bond acceptors (Lipinski definition) is 3. The third kappa shape index (κ3) is 4.35. The molecule has 0 aliphatic carbocycles. The molecular weight excluding hydrogens is 309 g/mol. The van der Waals surface area contributed by atoms with Gasteiger partial charge >= 0.3 is 5.97 Å². The summed E-state index contributed by atoms with van der Waals surface area (Å²) in [6.45, 7) is 2.65. The van der Waals surface area contributed by atoms with Crippen LogP contribution in [0.5, 0.6) is 0 Å². The molecule has 0 amide bonds. The van der Waals surface area contributed by atoms with Crippen LogP contribution >= 0.6 is 23.2 Å². The predicted molar refractivity (Wildman–Crippen MR) is 86.1 cm³/mol. The fourth-order valence-corrected chi connectivity index (χ4v) is 3.25. The van der Waals surface area contributed by atoms with Crippen LogP contribution in [0.15, 0.2) is 24.3 Å². The summed E-state index contributed by atoms with van der Waals surface area (Å²) < 4.78 is 5.00.